The third kappa shape index (κ3) is 5.74. The number of aliphatic hydroxyl groups is 1. The average Bonchev–Trinajstić information content (AvgIpc) is 2.70. The molecule has 2 unspecified atom stereocenters. The third-order valence-electron chi connectivity index (χ3n) is 7.49. The molecule has 0 aromatic rings. The van der Waals surface area contributed by atoms with Crippen molar-refractivity contribution in [2.45, 2.75) is 110 Å². The molecule has 1 heterocycles. The zero-order chi connectivity index (χ0) is 22.6. The van der Waals surface area contributed by atoms with E-state index in [9.17, 15) is 9.90 Å². The van der Waals surface area contributed by atoms with Crippen LogP contribution in [-0.2, 0) is 19.3 Å². The third-order valence-corrected chi connectivity index (χ3v) is 7.49. The zero-order valence-electron chi connectivity index (χ0n) is 19.9. The van der Waals surface area contributed by atoms with Gasteiger partial charge >= 0.3 is 5.97 Å². The molecule has 1 aliphatic carbocycles. The second-order valence-corrected chi connectivity index (χ2v) is 10.3. The van der Waals surface area contributed by atoms with Gasteiger partial charge in [0, 0.05) is 0 Å². The smallest absolute Gasteiger partial charge is 0.311 e. The van der Waals surface area contributed by atoms with Crippen molar-refractivity contribution in [2.75, 3.05) is 7.11 Å². The van der Waals surface area contributed by atoms with Crippen molar-refractivity contribution in [1.29, 1.82) is 0 Å². The van der Waals surface area contributed by atoms with Gasteiger partial charge in [-0.25, -0.2) is 9.78 Å². The van der Waals surface area contributed by atoms with Gasteiger partial charge < -0.3 is 9.84 Å². The van der Waals surface area contributed by atoms with Crippen LogP contribution in [0, 0.1) is 11.3 Å². The summed E-state index contributed by atoms with van der Waals surface area (Å²) >= 11 is 0. The van der Waals surface area contributed by atoms with Crippen molar-refractivity contribution in [3.8, 4) is 0 Å². The summed E-state index contributed by atoms with van der Waals surface area (Å²) in [5.41, 5.74) is 1.03. The number of methoxy groups -OCH3 is 1. The molecular weight excluding hydrogens is 380 g/mol. The molecule has 2 fully saturated rings. The highest BCUT2D eigenvalue weighted by Gasteiger charge is 2.47. The van der Waals surface area contributed by atoms with Gasteiger partial charge in [0.2, 0.25) is 0 Å². The summed E-state index contributed by atoms with van der Waals surface area (Å²) < 4.78 is 4.80. The van der Waals surface area contributed by atoms with Crippen molar-refractivity contribution < 1.29 is 24.4 Å². The minimum absolute atomic E-state index is 0.124. The van der Waals surface area contributed by atoms with Crippen LogP contribution in [0.1, 0.15) is 92.4 Å². The van der Waals surface area contributed by atoms with Gasteiger partial charge in [-0.2, -0.15) is 0 Å². The lowest BCUT2D eigenvalue weighted by Gasteiger charge is -2.48. The van der Waals surface area contributed by atoms with Crippen LogP contribution in [0.2, 0.25) is 0 Å². The summed E-state index contributed by atoms with van der Waals surface area (Å²) in [5, 5.41) is 11.3. The Hall–Kier alpha value is -1.17. The number of hydrogen-bond acceptors (Lipinski definition) is 5. The van der Waals surface area contributed by atoms with E-state index < -0.39 is 5.60 Å². The maximum atomic E-state index is 11.7. The van der Waals surface area contributed by atoms with Crippen LogP contribution in [0.4, 0.5) is 0 Å². The van der Waals surface area contributed by atoms with Crippen molar-refractivity contribution >= 4 is 5.97 Å². The van der Waals surface area contributed by atoms with Gasteiger partial charge in [0.05, 0.1) is 18.6 Å². The topological polar surface area (TPSA) is 65.0 Å². The van der Waals surface area contributed by atoms with Crippen LogP contribution >= 0.6 is 0 Å². The van der Waals surface area contributed by atoms with E-state index in [4.69, 9.17) is 14.5 Å². The quantitative estimate of drug-likeness (QED) is 0.310. The fraction of sp³-hybridized carbons (Fsp3) is 0.800. The molecule has 0 aromatic carbocycles. The molecule has 1 N–H and O–H groups in total. The molecule has 2 rings (SSSR count). The number of esters is 1. The Labute approximate surface area is 182 Å². The zero-order valence-corrected chi connectivity index (χ0v) is 19.9. The number of carbonyl (C=O) groups is 1. The molecule has 5 heteroatoms. The molecule has 0 spiro atoms. The molecule has 1 saturated carbocycles. The van der Waals surface area contributed by atoms with Gasteiger partial charge in [-0.05, 0) is 89.5 Å². The molecule has 0 bridgehead atoms. The summed E-state index contributed by atoms with van der Waals surface area (Å²) in [6.45, 7) is 14.5. The van der Waals surface area contributed by atoms with Gasteiger partial charge in [0.1, 0.15) is 11.7 Å². The number of hydrogen-bond donors (Lipinski definition) is 1. The summed E-state index contributed by atoms with van der Waals surface area (Å²) in [7, 11) is 1.39. The Morgan fingerprint density at radius 2 is 2.03 bits per heavy atom. The minimum atomic E-state index is -0.780. The van der Waals surface area contributed by atoms with Crippen LogP contribution in [-0.4, -0.2) is 35.5 Å². The van der Waals surface area contributed by atoms with Gasteiger partial charge in [-0.1, -0.05) is 32.1 Å². The molecule has 2 aliphatic rings. The summed E-state index contributed by atoms with van der Waals surface area (Å²) in [6, 6.07) is 0. The van der Waals surface area contributed by atoms with Crippen LogP contribution in [0.3, 0.4) is 0 Å². The Bertz CT molecular complexity index is 642. The van der Waals surface area contributed by atoms with Crippen LogP contribution in [0.5, 0.6) is 0 Å². The van der Waals surface area contributed by atoms with Crippen LogP contribution in [0.25, 0.3) is 0 Å². The maximum absolute atomic E-state index is 11.7. The van der Waals surface area contributed by atoms with Gasteiger partial charge in [0.15, 0.2) is 0 Å². The number of carbonyl (C=O) groups excluding carboxylic acids is 1. The van der Waals surface area contributed by atoms with E-state index in [1.165, 1.54) is 12.7 Å². The van der Waals surface area contributed by atoms with Crippen molar-refractivity contribution in [3.63, 3.8) is 0 Å². The normalized spacial score (nSPS) is 33.2. The summed E-state index contributed by atoms with van der Waals surface area (Å²) in [6.07, 6.45) is 10.0. The number of allylic oxidation sites excluding steroid dienone is 2. The molecule has 0 amide bonds. The Morgan fingerprint density at radius 1 is 1.33 bits per heavy atom. The van der Waals surface area contributed by atoms with E-state index >= 15 is 0 Å². The Kier molecular flexibility index (Phi) is 8.34. The number of rotatable bonds is 8. The molecule has 30 heavy (non-hydrogen) atoms. The highest BCUT2D eigenvalue weighted by atomic mass is 17.2. The first-order valence-electron chi connectivity index (χ1n) is 11.4. The first kappa shape index (κ1) is 25.1. The van der Waals surface area contributed by atoms with Crippen molar-refractivity contribution in [1.82, 2.24) is 0 Å². The van der Waals surface area contributed by atoms with E-state index in [-0.39, 0.29) is 29.0 Å². The first-order valence-corrected chi connectivity index (χ1v) is 11.4. The molecule has 1 saturated heterocycles. The molecule has 1 aliphatic heterocycles. The lowest BCUT2D eigenvalue weighted by Crippen LogP contribution is -2.48. The minimum Gasteiger partial charge on any atom is -0.469 e. The Balaban J connectivity index is 1.81. The molecule has 172 valence electrons. The Morgan fingerprint density at radius 3 is 2.60 bits per heavy atom. The largest absolute Gasteiger partial charge is 0.469 e. The second kappa shape index (κ2) is 9.97. The van der Waals surface area contributed by atoms with Gasteiger partial charge in [-0.3, -0.25) is 4.79 Å². The fourth-order valence-corrected chi connectivity index (χ4v) is 4.81. The maximum Gasteiger partial charge on any atom is 0.311 e. The average molecular weight is 423 g/mol. The molecule has 0 aromatic heterocycles. The van der Waals surface area contributed by atoms with Crippen molar-refractivity contribution in [3.05, 3.63) is 23.8 Å². The SMILES string of the molecule is C=C1CCCC(C)(C)C1(O)CC/C(C)=C/CC[C@]1(C)CC[C@@H](C(C)C(=O)OC)OO1. The number of ether oxygens (including phenoxy) is 1. The fourth-order valence-electron chi connectivity index (χ4n) is 4.81. The van der Waals surface area contributed by atoms with Crippen LogP contribution < -0.4 is 0 Å². The van der Waals surface area contributed by atoms with Gasteiger partial charge in [-0.15, -0.1) is 0 Å². The highest BCUT2D eigenvalue weighted by molar-refractivity contribution is 5.72. The second-order valence-electron chi connectivity index (χ2n) is 10.3. The molecule has 4 atom stereocenters. The summed E-state index contributed by atoms with van der Waals surface area (Å²) in [5.74, 6) is -0.595. The first-order chi connectivity index (χ1) is 13.9. The monoisotopic (exact) mass is 422 g/mol. The lowest BCUT2D eigenvalue weighted by molar-refractivity contribution is -0.411. The van der Waals surface area contributed by atoms with E-state index in [1.54, 1.807) is 0 Å². The predicted octanol–water partition coefficient (Wildman–Crippen LogP) is 5.67. The predicted molar refractivity (Wildman–Crippen MR) is 119 cm³/mol. The van der Waals surface area contributed by atoms with Crippen molar-refractivity contribution in [2.24, 2.45) is 11.3 Å². The molecule has 0 radical (unpaired) electrons. The van der Waals surface area contributed by atoms with E-state index in [1.807, 2.05) is 6.92 Å². The molecule has 5 nitrogen and oxygen atoms in total. The van der Waals surface area contributed by atoms with E-state index in [0.29, 0.717) is 0 Å². The van der Waals surface area contributed by atoms with E-state index in [0.717, 1.165) is 63.4 Å². The van der Waals surface area contributed by atoms with Crippen LogP contribution in [0.15, 0.2) is 23.8 Å². The van der Waals surface area contributed by atoms with E-state index in [2.05, 4.69) is 40.3 Å². The molecular formula is C25H42O5. The standard InChI is InChI=1S/C25H42O5/c1-18(12-17-25(27)19(2)11-9-14-23(25,4)5)10-8-15-24(6)16-13-21(29-30-24)20(3)22(26)28-7/h10,20-21,27H,2,8-9,11-17H2,1,3-7H3/b18-10+/t20?,21-,24+,25?/m0/s1. The van der Waals surface area contributed by atoms with Gasteiger partial charge in [0.25, 0.3) is 0 Å². The lowest BCUT2D eigenvalue weighted by atomic mass is 9.61. The summed E-state index contributed by atoms with van der Waals surface area (Å²) in [4.78, 5) is 22.9. The highest BCUT2D eigenvalue weighted by Crippen LogP contribution is 2.49.